The highest BCUT2D eigenvalue weighted by Crippen LogP contribution is 2.39. The zero-order valence-electron chi connectivity index (χ0n) is 16.0. The molecule has 1 atom stereocenters. The Labute approximate surface area is 160 Å². The van der Waals surface area contributed by atoms with E-state index in [1.165, 1.54) is 25.7 Å². The van der Waals surface area contributed by atoms with Crippen LogP contribution in [-0.4, -0.2) is 46.8 Å². The highest BCUT2D eigenvalue weighted by atomic mass is 15.4. The molecule has 0 amide bonds. The summed E-state index contributed by atoms with van der Waals surface area (Å²) in [5.41, 5.74) is 4.86. The maximum atomic E-state index is 4.85. The van der Waals surface area contributed by atoms with Gasteiger partial charge in [-0.1, -0.05) is 25.8 Å². The minimum Gasteiger partial charge on any atom is -0.368 e. The van der Waals surface area contributed by atoms with Crippen molar-refractivity contribution in [3.8, 4) is 0 Å². The molecule has 1 fully saturated rings. The smallest absolute Gasteiger partial charge is 0.245 e. The number of likely N-dealkylation sites (N-methyl/N-ethyl adjacent to an activating group) is 1. The van der Waals surface area contributed by atoms with Crippen molar-refractivity contribution < 1.29 is 0 Å². The van der Waals surface area contributed by atoms with Crippen LogP contribution >= 0.6 is 0 Å². The average molecular weight is 365 g/mol. The Hall–Kier alpha value is -2.70. The van der Waals surface area contributed by atoms with Gasteiger partial charge in [0.15, 0.2) is 5.82 Å². The van der Waals surface area contributed by atoms with Gasteiger partial charge in [0.25, 0.3) is 0 Å². The third-order valence-corrected chi connectivity index (χ3v) is 5.52. The highest BCUT2D eigenvalue weighted by molar-refractivity contribution is 5.77. The average Bonchev–Trinajstić information content (AvgIpc) is 3.23. The van der Waals surface area contributed by atoms with Crippen LogP contribution in [0.4, 0.5) is 17.5 Å². The Bertz CT molecular complexity index is 786. The molecule has 1 aliphatic carbocycles. The topological polar surface area (TPSA) is 69.5 Å². The maximum absolute atomic E-state index is 4.85. The molecule has 2 aromatic rings. The zero-order valence-corrected chi connectivity index (χ0v) is 16.0. The summed E-state index contributed by atoms with van der Waals surface area (Å²) in [4.78, 5) is 18.4. The van der Waals surface area contributed by atoms with Gasteiger partial charge >= 0.3 is 0 Å². The van der Waals surface area contributed by atoms with E-state index < -0.39 is 0 Å². The molecule has 142 valence electrons. The molecule has 1 N–H and O–H groups in total. The van der Waals surface area contributed by atoms with Crippen LogP contribution < -0.4 is 15.2 Å². The van der Waals surface area contributed by atoms with Crippen molar-refractivity contribution >= 4 is 23.7 Å². The number of nitrogens with zero attached hydrogens (tertiary/aromatic N) is 6. The Kier molecular flexibility index (Phi) is 5.18. The summed E-state index contributed by atoms with van der Waals surface area (Å²) in [7, 11) is 2.13. The summed E-state index contributed by atoms with van der Waals surface area (Å²) in [5.74, 6) is 1.56. The molecule has 2 aromatic heterocycles. The maximum Gasteiger partial charge on any atom is 0.245 e. The highest BCUT2D eigenvalue weighted by Gasteiger charge is 2.35. The van der Waals surface area contributed by atoms with Crippen molar-refractivity contribution in [1.82, 2.24) is 15.0 Å². The van der Waals surface area contributed by atoms with Crippen LogP contribution in [-0.2, 0) is 0 Å². The van der Waals surface area contributed by atoms with Gasteiger partial charge in [-0.3, -0.25) is 4.98 Å². The second kappa shape index (κ2) is 7.90. The first kappa shape index (κ1) is 17.7. The van der Waals surface area contributed by atoms with Crippen molar-refractivity contribution in [2.24, 2.45) is 5.10 Å². The number of nitrogens with one attached hydrogen (secondary N) is 1. The summed E-state index contributed by atoms with van der Waals surface area (Å²) in [6, 6.07) is 6.80. The summed E-state index contributed by atoms with van der Waals surface area (Å²) < 4.78 is 0. The van der Waals surface area contributed by atoms with Crippen LogP contribution in [0.2, 0.25) is 0 Å². The minimum absolute atomic E-state index is 0.491. The lowest BCUT2D eigenvalue weighted by atomic mass is 10.0. The van der Waals surface area contributed by atoms with Crippen molar-refractivity contribution in [2.75, 3.05) is 28.8 Å². The van der Waals surface area contributed by atoms with Crippen LogP contribution in [0.15, 0.2) is 35.7 Å². The molecule has 7 nitrogen and oxygen atoms in total. The SMILES string of the molecule is CCC1CN(C)c2cnc(N/N=C/c3ccccn3)nc2N1C1CCCC1. The van der Waals surface area contributed by atoms with E-state index in [9.17, 15) is 0 Å². The van der Waals surface area contributed by atoms with Crippen LogP contribution in [0.3, 0.4) is 0 Å². The van der Waals surface area contributed by atoms with Crippen molar-refractivity contribution in [2.45, 2.75) is 51.1 Å². The molecular formula is C20H27N7. The van der Waals surface area contributed by atoms with Gasteiger partial charge in [0, 0.05) is 31.9 Å². The first-order chi connectivity index (χ1) is 13.3. The molecule has 7 heteroatoms. The zero-order chi connectivity index (χ0) is 18.6. The first-order valence-corrected chi connectivity index (χ1v) is 9.83. The molecule has 0 saturated heterocycles. The number of hydrogen-bond acceptors (Lipinski definition) is 7. The van der Waals surface area contributed by atoms with Crippen LogP contribution in [0.5, 0.6) is 0 Å². The Morgan fingerprint density at radius 2 is 2.11 bits per heavy atom. The van der Waals surface area contributed by atoms with Gasteiger partial charge < -0.3 is 9.80 Å². The minimum atomic E-state index is 0.491. The largest absolute Gasteiger partial charge is 0.368 e. The van der Waals surface area contributed by atoms with Gasteiger partial charge in [-0.15, -0.1) is 0 Å². The lowest BCUT2D eigenvalue weighted by Crippen LogP contribution is -2.52. The van der Waals surface area contributed by atoms with E-state index in [4.69, 9.17) is 4.98 Å². The fourth-order valence-electron chi connectivity index (χ4n) is 4.14. The first-order valence-electron chi connectivity index (χ1n) is 9.83. The molecule has 4 rings (SSSR count). The van der Waals surface area contributed by atoms with Gasteiger partial charge in [-0.05, 0) is 31.4 Å². The van der Waals surface area contributed by atoms with E-state index in [-0.39, 0.29) is 0 Å². The van der Waals surface area contributed by atoms with Crippen LogP contribution in [0, 0.1) is 0 Å². The lowest BCUT2D eigenvalue weighted by Gasteiger charge is -2.45. The molecule has 0 radical (unpaired) electrons. The molecule has 2 aliphatic rings. The number of fused-ring (bicyclic) bond motifs is 1. The molecule has 1 aliphatic heterocycles. The van der Waals surface area contributed by atoms with E-state index in [0.717, 1.165) is 30.2 Å². The summed E-state index contributed by atoms with van der Waals surface area (Å²) in [6.07, 6.45) is 11.6. The van der Waals surface area contributed by atoms with Gasteiger partial charge in [0.1, 0.15) is 0 Å². The number of pyridine rings is 1. The van der Waals surface area contributed by atoms with Crippen LogP contribution in [0.25, 0.3) is 0 Å². The van der Waals surface area contributed by atoms with Gasteiger partial charge in [-0.2, -0.15) is 10.1 Å². The Morgan fingerprint density at radius 1 is 1.26 bits per heavy atom. The Morgan fingerprint density at radius 3 is 2.85 bits per heavy atom. The van der Waals surface area contributed by atoms with Gasteiger partial charge in [-0.25, -0.2) is 10.4 Å². The summed E-state index contributed by atoms with van der Waals surface area (Å²) >= 11 is 0. The predicted octanol–water partition coefficient (Wildman–Crippen LogP) is 3.30. The second-order valence-corrected chi connectivity index (χ2v) is 7.32. The van der Waals surface area contributed by atoms with Crippen LogP contribution in [0.1, 0.15) is 44.7 Å². The van der Waals surface area contributed by atoms with Crippen molar-refractivity contribution in [3.63, 3.8) is 0 Å². The van der Waals surface area contributed by atoms with Gasteiger partial charge in [0.2, 0.25) is 5.95 Å². The predicted molar refractivity (Wildman–Crippen MR) is 110 cm³/mol. The van der Waals surface area contributed by atoms with Crippen molar-refractivity contribution in [1.29, 1.82) is 0 Å². The molecule has 0 spiro atoms. The normalized spacial score (nSPS) is 20.3. The van der Waals surface area contributed by atoms with Gasteiger partial charge in [0.05, 0.1) is 23.8 Å². The van der Waals surface area contributed by atoms with E-state index in [0.29, 0.717) is 18.0 Å². The number of anilines is 3. The molecule has 3 heterocycles. The fourth-order valence-corrected chi connectivity index (χ4v) is 4.14. The molecule has 1 unspecified atom stereocenters. The van der Waals surface area contributed by atoms with E-state index in [2.05, 4.69) is 44.3 Å². The quantitative estimate of drug-likeness (QED) is 0.648. The fraction of sp³-hybridized carbons (Fsp3) is 0.500. The number of hydrogen-bond donors (Lipinski definition) is 1. The monoisotopic (exact) mass is 365 g/mol. The third kappa shape index (κ3) is 3.72. The van der Waals surface area contributed by atoms with Crippen molar-refractivity contribution in [3.05, 3.63) is 36.3 Å². The molecule has 0 aromatic carbocycles. The van der Waals surface area contributed by atoms with E-state index in [1.54, 1.807) is 12.4 Å². The van der Waals surface area contributed by atoms with E-state index >= 15 is 0 Å². The summed E-state index contributed by atoms with van der Waals surface area (Å²) in [6.45, 7) is 3.29. The standard InChI is InChI=1S/C20H27N7/c1-3-16-14-26(2)18-13-22-20(25-23-12-15-8-6-7-11-21-15)24-19(18)27(16)17-9-4-5-10-17/h6-8,11-13,16-17H,3-5,9-10,14H2,1-2H3,(H,22,24,25)/b23-12+. The Balaban J connectivity index is 1.59. The molecular weight excluding hydrogens is 338 g/mol. The second-order valence-electron chi connectivity index (χ2n) is 7.32. The summed E-state index contributed by atoms with van der Waals surface area (Å²) in [5, 5.41) is 4.25. The number of aromatic nitrogens is 3. The molecule has 1 saturated carbocycles. The van der Waals surface area contributed by atoms with E-state index in [1.807, 2.05) is 24.4 Å². The number of rotatable bonds is 5. The molecule has 27 heavy (non-hydrogen) atoms. The molecule has 0 bridgehead atoms. The lowest BCUT2D eigenvalue weighted by molar-refractivity contribution is 0.476. The number of hydrazone groups is 1. The third-order valence-electron chi connectivity index (χ3n) is 5.52.